The second kappa shape index (κ2) is 5.36. The highest BCUT2D eigenvalue weighted by Gasteiger charge is 2.13. The molecule has 19 heavy (non-hydrogen) atoms. The topological polar surface area (TPSA) is 55.5 Å². The van der Waals surface area contributed by atoms with Crippen molar-refractivity contribution < 1.29 is 23.1 Å². The van der Waals surface area contributed by atoms with E-state index >= 15 is 0 Å². The van der Waals surface area contributed by atoms with Crippen molar-refractivity contribution in [1.82, 2.24) is 5.16 Å². The van der Waals surface area contributed by atoms with Crippen molar-refractivity contribution in [3.63, 3.8) is 0 Å². The molecule has 0 aliphatic carbocycles. The van der Waals surface area contributed by atoms with Crippen LogP contribution in [0.3, 0.4) is 0 Å². The molecule has 0 saturated carbocycles. The minimum Gasteiger partial charge on any atom is -0.488 e. The zero-order valence-electron chi connectivity index (χ0n) is 10.5. The van der Waals surface area contributed by atoms with Gasteiger partial charge in [0.1, 0.15) is 29.8 Å². The zero-order chi connectivity index (χ0) is 14.0. The number of benzene rings is 1. The summed E-state index contributed by atoms with van der Waals surface area (Å²) in [4.78, 5) is 0. The van der Waals surface area contributed by atoms with Gasteiger partial charge in [-0.1, -0.05) is 5.16 Å². The van der Waals surface area contributed by atoms with Crippen LogP contribution in [0.5, 0.6) is 5.75 Å². The molecule has 1 N–H and O–H groups in total. The van der Waals surface area contributed by atoms with Crippen molar-refractivity contribution in [2.24, 2.45) is 0 Å². The number of nitrogens with zero attached hydrogens (tertiary/aromatic N) is 1. The molecule has 0 unspecified atom stereocenters. The predicted octanol–water partition coefficient (Wildman–Crippen LogP) is 2.64. The Balaban J connectivity index is 2.17. The van der Waals surface area contributed by atoms with Gasteiger partial charge in [0.2, 0.25) is 0 Å². The third-order valence-electron chi connectivity index (χ3n) is 2.84. The summed E-state index contributed by atoms with van der Waals surface area (Å²) in [7, 11) is 0. The number of aryl methyl sites for hydroxylation is 2. The molecule has 0 aliphatic heterocycles. The maximum atomic E-state index is 13.4. The summed E-state index contributed by atoms with van der Waals surface area (Å²) in [6, 6.07) is 2.07. The smallest absolute Gasteiger partial charge is 0.140 e. The highest BCUT2D eigenvalue weighted by Crippen LogP contribution is 2.22. The van der Waals surface area contributed by atoms with Crippen LogP contribution >= 0.6 is 0 Å². The number of halogens is 2. The monoisotopic (exact) mass is 269 g/mol. The molecule has 6 heteroatoms. The van der Waals surface area contributed by atoms with Gasteiger partial charge >= 0.3 is 0 Å². The molecule has 0 atom stereocenters. The minimum atomic E-state index is -0.837. The molecule has 1 heterocycles. The van der Waals surface area contributed by atoms with Crippen molar-refractivity contribution in [1.29, 1.82) is 0 Å². The summed E-state index contributed by atoms with van der Waals surface area (Å²) in [5, 5.41) is 12.6. The maximum Gasteiger partial charge on any atom is 0.140 e. The number of hydrogen-bond donors (Lipinski definition) is 1. The van der Waals surface area contributed by atoms with Gasteiger partial charge in [0, 0.05) is 17.7 Å². The Kier molecular flexibility index (Phi) is 3.80. The molecule has 0 amide bonds. The van der Waals surface area contributed by atoms with Gasteiger partial charge in [-0.25, -0.2) is 8.78 Å². The van der Waals surface area contributed by atoms with Crippen LogP contribution < -0.4 is 4.74 Å². The molecular weight excluding hydrogens is 256 g/mol. The lowest BCUT2D eigenvalue weighted by atomic mass is 10.2. The molecule has 1 aromatic carbocycles. The molecule has 0 saturated heterocycles. The molecule has 4 nitrogen and oxygen atoms in total. The van der Waals surface area contributed by atoms with Crippen molar-refractivity contribution in [3.8, 4) is 5.75 Å². The lowest BCUT2D eigenvalue weighted by Gasteiger charge is -2.08. The third kappa shape index (κ3) is 2.73. The summed E-state index contributed by atoms with van der Waals surface area (Å²) in [5.74, 6) is -1.02. The molecule has 102 valence electrons. The second-order valence-corrected chi connectivity index (χ2v) is 4.11. The van der Waals surface area contributed by atoms with Crippen LogP contribution in [0.1, 0.15) is 22.6 Å². The molecule has 0 aliphatic rings. The summed E-state index contributed by atoms with van der Waals surface area (Å²) >= 11 is 0. The van der Waals surface area contributed by atoms with E-state index in [4.69, 9.17) is 14.4 Å². The first kappa shape index (κ1) is 13.5. The van der Waals surface area contributed by atoms with E-state index < -0.39 is 18.2 Å². The fourth-order valence-corrected chi connectivity index (χ4v) is 1.68. The van der Waals surface area contributed by atoms with Crippen LogP contribution in [0.4, 0.5) is 8.78 Å². The largest absolute Gasteiger partial charge is 0.488 e. The Morgan fingerprint density at radius 3 is 2.32 bits per heavy atom. The Morgan fingerprint density at radius 2 is 1.84 bits per heavy atom. The lowest BCUT2D eigenvalue weighted by molar-refractivity contribution is 0.265. The molecular formula is C13H13F2NO3. The first-order valence-electron chi connectivity index (χ1n) is 5.66. The Hall–Kier alpha value is -1.95. The SMILES string of the molecule is Cc1noc(C)c1COc1cc(F)c(CO)c(F)c1. The Morgan fingerprint density at radius 1 is 1.21 bits per heavy atom. The number of ether oxygens (including phenoxy) is 1. The second-order valence-electron chi connectivity index (χ2n) is 4.11. The summed E-state index contributed by atoms with van der Waals surface area (Å²) in [5.41, 5.74) is 1.04. The standard InChI is InChI=1S/C13H13F2NO3/c1-7-11(8(2)19-16-7)6-18-9-3-12(14)10(5-17)13(15)4-9/h3-4,17H,5-6H2,1-2H3. The van der Waals surface area contributed by atoms with E-state index in [-0.39, 0.29) is 17.9 Å². The van der Waals surface area contributed by atoms with Gasteiger partial charge in [-0.2, -0.15) is 0 Å². The van der Waals surface area contributed by atoms with Crippen LogP contribution in [0.2, 0.25) is 0 Å². The van der Waals surface area contributed by atoms with Gasteiger partial charge in [0.05, 0.1) is 17.9 Å². The molecule has 0 bridgehead atoms. The van der Waals surface area contributed by atoms with Crippen LogP contribution in [-0.4, -0.2) is 10.3 Å². The van der Waals surface area contributed by atoms with Crippen LogP contribution in [0, 0.1) is 25.5 Å². The quantitative estimate of drug-likeness (QED) is 0.927. The number of aliphatic hydroxyl groups excluding tert-OH is 1. The summed E-state index contributed by atoms with van der Waals surface area (Å²) in [6.45, 7) is 2.90. The predicted molar refractivity (Wildman–Crippen MR) is 62.6 cm³/mol. The zero-order valence-corrected chi connectivity index (χ0v) is 10.5. The Bertz CT molecular complexity index is 553. The van der Waals surface area contributed by atoms with Crippen molar-refractivity contribution in [2.45, 2.75) is 27.1 Å². The highest BCUT2D eigenvalue weighted by atomic mass is 19.1. The summed E-state index contributed by atoms with van der Waals surface area (Å²) < 4.78 is 37.1. The van der Waals surface area contributed by atoms with Crippen LogP contribution in [0.15, 0.2) is 16.7 Å². The number of aromatic nitrogens is 1. The number of rotatable bonds is 4. The van der Waals surface area contributed by atoms with E-state index in [2.05, 4.69) is 5.16 Å². The van der Waals surface area contributed by atoms with E-state index in [9.17, 15) is 8.78 Å². The van der Waals surface area contributed by atoms with Gasteiger partial charge in [0.25, 0.3) is 0 Å². The fraction of sp³-hybridized carbons (Fsp3) is 0.308. The minimum absolute atomic E-state index is 0.0483. The molecule has 0 radical (unpaired) electrons. The van der Waals surface area contributed by atoms with E-state index in [1.807, 2.05) is 0 Å². The number of hydrogen-bond acceptors (Lipinski definition) is 4. The van der Waals surface area contributed by atoms with Crippen molar-refractivity contribution >= 4 is 0 Å². The van der Waals surface area contributed by atoms with Crippen molar-refractivity contribution in [2.75, 3.05) is 0 Å². The van der Waals surface area contributed by atoms with Gasteiger partial charge in [0.15, 0.2) is 0 Å². The van der Waals surface area contributed by atoms with Gasteiger partial charge in [-0.15, -0.1) is 0 Å². The third-order valence-corrected chi connectivity index (χ3v) is 2.84. The van der Waals surface area contributed by atoms with E-state index in [0.717, 1.165) is 17.7 Å². The van der Waals surface area contributed by atoms with Gasteiger partial charge in [-0.3, -0.25) is 0 Å². The van der Waals surface area contributed by atoms with E-state index in [1.54, 1.807) is 13.8 Å². The van der Waals surface area contributed by atoms with Gasteiger partial charge < -0.3 is 14.4 Å². The first-order valence-corrected chi connectivity index (χ1v) is 5.66. The molecule has 2 aromatic rings. The number of aliphatic hydroxyl groups is 1. The molecule has 2 rings (SSSR count). The fourth-order valence-electron chi connectivity index (χ4n) is 1.68. The van der Waals surface area contributed by atoms with Gasteiger partial charge in [-0.05, 0) is 13.8 Å². The average molecular weight is 269 g/mol. The summed E-state index contributed by atoms with van der Waals surface area (Å²) in [6.07, 6.45) is 0. The van der Waals surface area contributed by atoms with E-state index in [1.165, 1.54) is 0 Å². The van der Waals surface area contributed by atoms with Crippen molar-refractivity contribution in [3.05, 3.63) is 46.3 Å². The molecule has 0 spiro atoms. The molecule has 1 aromatic heterocycles. The molecule has 0 fully saturated rings. The maximum absolute atomic E-state index is 13.4. The average Bonchev–Trinajstić information content (AvgIpc) is 2.66. The Labute approximate surface area is 108 Å². The normalized spacial score (nSPS) is 10.8. The van der Waals surface area contributed by atoms with E-state index in [0.29, 0.717) is 11.5 Å². The first-order chi connectivity index (χ1) is 9.02. The highest BCUT2D eigenvalue weighted by molar-refractivity contribution is 5.31. The van der Waals surface area contributed by atoms with Crippen LogP contribution in [0.25, 0.3) is 0 Å². The van der Waals surface area contributed by atoms with Crippen LogP contribution in [-0.2, 0) is 13.2 Å². The lowest BCUT2D eigenvalue weighted by Crippen LogP contribution is -2.01.